The number of hydrogen-bond donors (Lipinski definition) is 1. The topological polar surface area (TPSA) is 54.0 Å². The van der Waals surface area contributed by atoms with E-state index in [1.165, 1.54) is 19.8 Å². The summed E-state index contributed by atoms with van der Waals surface area (Å²) >= 11 is 3.42. The fourth-order valence-electron chi connectivity index (χ4n) is 4.27. The van der Waals surface area contributed by atoms with Crippen LogP contribution in [0.5, 0.6) is 11.5 Å². The second-order valence-corrected chi connectivity index (χ2v) is 9.14. The number of rotatable bonds is 8. The third-order valence-electron chi connectivity index (χ3n) is 5.75. The molecule has 0 aromatic heterocycles. The van der Waals surface area contributed by atoms with Gasteiger partial charge in [-0.15, -0.1) is 0 Å². The molecule has 0 saturated carbocycles. The molecule has 6 nitrogen and oxygen atoms in total. The molecule has 2 heterocycles. The van der Waals surface area contributed by atoms with Crippen LogP contribution < -0.4 is 19.7 Å². The molecule has 2 unspecified atom stereocenters. The van der Waals surface area contributed by atoms with Crippen molar-refractivity contribution < 1.29 is 18.7 Å². The summed E-state index contributed by atoms with van der Waals surface area (Å²) in [7, 11) is 0. The van der Waals surface area contributed by atoms with Gasteiger partial charge in [0, 0.05) is 29.7 Å². The van der Waals surface area contributed by atoms with Crippen LogP contribution in [0.2, 0.25) is 0 Å². The van der Waals surface area contributed by atoms with Crippen molar-refractivity contribution in [2.24, 2.45) is 0 Å². The predicted octanol–water partition coefficient (Wildman–Crippen LogP) is 5.43. The van der Waals surface area contributed by atoms with Crippen LogP contribution in [0.15, 0.2) is 40.9 Å². The first-order chi connectivity index (χ1) is 15.4. The minimum atomic E-state index is -1.52. The van der Waals surface area contributed by atoms with Crippen LogP contribution in [0.1, 0.15) is 43.5 Å². The summed E-state index contributed by atoms with van der Waals surface area (Å²) < 4.78 is 26.0. The predicted molar refractivity (Wildman–Crippen MR) is 127 cm³/mol. The fraction of sp³-hybridized carbons (Fsp3) is 0.458. The lowest BCUT2D eigenvalue weighted by Crippen LogP contribution is -2.47. The smallest absolute Gasteiger partial charge is 0.262 e. The number of likely N-dealkylation sites (tertiary alicyclic amines) is 1. The molecule has 1 fully saturated rings. The number of benzene rings is 2. The van der Waals surface area contributed by atoms with E-state index in [-0.39, 0.29) is 17.8 Å². The molecule has 0 radical (unpaired) electrons. The molecule has 32 heavy (non-hydrogen) atoms. The molecule has 2 aromatic rings. The molecule has 1 N–H and O–H groups in total. The van der Waals surface area contributed by atoms with Gasteiger partial charge >= 0.3 is 0 Å². The number of carbonyl (C=O) groups excluding carboxylic acids is 1. The number of carbonyl (C=O) groups is 1. The van der Waals surface area contributed by atoms with Gasteiger partial charge in [-0.25, -0.2) is 4.39 Å². The first kappa shape index (κ1) is 22.9. The lowest BCUT2D eigenvalue weighted by atomic mass is 10.1. The molecule has 2 aliphatic heterocycles. The largest absolute Gasteiger partial charge is 0.493 e. The van der Waals surface area contributed by atoms with Gasteiger partial charge in [-0.05, 0) is 69.6 Å². The zero-order valence-electron chi connectivity index (χ0n) is 18.4. The van der Waals surface area contributed by atoms with Crippen molar-refractivity contribution in [3.8, 4) is 11.5 Å². The van der Waals surface area contributed by atoms with Crippen LogP contribution in [0.4, 0.5) is 15.8 Å². The van der Waals surface area contributed by atoms with Crippen molar-refractivity contribution in [2.75, 3.05) is 36.5 Å². The molecule has 4 rings (SSSR count). The van der Waals surface area contributed by atoms with E-state index in [0.717, 1.165) is 36.2 Å². The maximum Gasteiger partial charge on any atom is 0.262 e. The lowest BCUT2D eigenvalue weighted by molar-refractivity contribution is 0.0847. The number of alkyl halides is 1. The normalized spacial score (nSPS) is 19.4. The van der Waals surface area contributed by atoms with Crippen LogP contribution in [0.3, 0.4) is 0 Å². The molecule has 2 atom stereocenters. The molecular weight excluding hydrogens is 477 g/mol. The Balaban J connectivity index is 1.52. The van der Waals surface area contributed by atoms with E-state index >= 15 is 0 Å². The van der Waals surface area contributed by atoms with E-state index in [1.807, 2.05) is 19.1 Å². The highest BCUT2D eigenvalue weighted by Gasteiger charge is 2.33. The van der Waals surface area contributed by atoms with Crippen LogP contribution in [0.25, 0.3) is 0 Å². The van der Waals surface area contributed by atoms with Gasteiger partial charge in [0.05, 0.1) is 17.9 Å². The average molecular weight is 506 g/mol. The number of ether oxygens (including phenoxy) is 2. The molecule has 8 heteroatoms. The Labute approximate surface area is 196 Å². The van der Waals surface area contributed by atoms with Crippen molar-refractivity contribution >= 4 is 33.2 Å². The van der Waals surface area contributed by atoms with Gasteiger partial charge in [0.1, 0.15) is 11.9 Å². The minimum absolute atomic E-state index is 0.178. The summed E-state index contributed by atoms with van der Waals surface area (Å²) in [4.78, 5) is 17.3. The van der Waals surface area contributed by atoms with Crippen molar-refractivity contribution in [1.29, 1.82) is 0 Å². The van der Waals surface area contributed by atoms with Crippen LogP contribution in [0, 0.1) is 0 Å². The van der Waals surface area contributed by atoms with Gasteiger partial charge in [0.15, 0.2) is 5.75 Å². The van der Waals surface area contributed by atoms with Crippen molar-refractivity contribution in [1.82, 2.24) is 4.90 Å². The molecular formula is C24H29BrFN3O3. The maximum atomic E-state index is 13.8. The Hall–Kier alpha value is -2.32. The molecule has 0 bridgehead atoms. The first-order valence-electron chi connectivity index (χ1n) is 11.1. The van der Waals surface area contributed by atoms with Crippen molar-refractivity contribution in [3.05, 3.63) is 46.4 Å². The second-order valence-electron chi connectivity index (χ2n) is 8.23. The van der Waals surface area contributed by atoms with Crippen LogP contribution >= 0.6 is 15.9 Å². The summed E-state index contributed by atoms with van der Waals surface area (Å²) in [5.74, 6) is 0.694. The van der Waals surface area contributed by atoms with Crippen molar-refractivity contribution in [3.63, 3.8) is 0 Å². The SMILES string of the molecule is CC(F)Oc1cc(OCCCN2CCCC2)ccc1N1C(=O)c2cc(Br)ccc2NC1C. The number of fused-ring (bicyclic) bond motifs is 1. The Morgan fingerprint density at radius 2 is 2.00 bits per heavy atom. The zero-order valence-corrected chi connectivity index (χ0v) is 20.0. The van der Waals surface area contributed by atoms with Gasteiger partial charge in [-0.2, -0.15) is 0 Å². The summed E-state index contributed by atoms with van der Waals surface area (Å²) in [6, 6.07) is 10.8. The van der Waals surface area contributed by atoms with E-state index in [1.54, 1.807) is 29.2 Å². The summed E-state index contributed by atoms with van der Waals surface area (Å²) in [5, 5.41) is 3.33. The third-order valence-corrected chi connectivity index (χ3v) is 6.24. The van der Waals surface area contributed by atoms with Gasteiger partial charge in [0.25, 0.3) is 5.91 Å². The highest BCUT2D eigenvalue weighted by Crippen LogP contribution is 2.38. The lowest BCUT2D eigenvalue weighted by Gasteiger charge is -2.36. The third kappa shape index (κ3) is 5.18. The monoisotopic (exact) mass is 505 g/mol. The summed E-state index contributed by atoms with van der Waals surface area (Å²) in [6.45, 7) is 7.12. The highest BCUT2D eigenvalue weighted by molar-refractivity contribution is 9.10. The zero-order chi connectivity index (χ0) is 22.7. The molecule has 1 saturated heterocycles. The fourth-order valence-corrected chi connectivity index (χ4v) is 4.63. The highest BCUT2D eigenvalue weighted by atomic mass is 79.9. The van der Waals surface area contributed by atoms with Crippen molar-refractivity contribution in [2.45, 2.75) is 45.6 Å². The Kier molecular flexibility index (Phi) is 7.20. The number of nitrogens with zero attached hydrogens (tertiary/aromatic N) is 2. The standard InChI is InChI=1S/C24H29BrFN3O3/c1-16(26)32-23-15-19(31-13-5-12-28-10-3-4-11-28)7-9-22(23)29-17(2)27-21-8-6-18(25)14-20(21)24(29)30/h6-9,14-17,27H,3-5,10-13H2,1-2H3. The second kappa shape index (κ2) is 10.1. The maximum absolute atomic E-state index is 13.8. The van der Waals surface area contributed by atoms with Crippen LogP contribution in [-0.2, 0) is 0 Å². The van der Waals surface area contributed by atoms with Gasteiger partial charge in [0.2, 0.25) is 6.36 Å². The number of amides is 1. The molecule has 0 aliphatic carbocycles. The Morgan fingerprint density at radius 3 is 2.75 bits per heavy atom. The van der Waals surface area contributed by atoms with E-state index in [9.17, 15) is 9.18 Å². The van der Waals surface area contributed by atoms with E-state index < -0.39 is 6.36 Å². The number of nitrogens with one attached hydrogen (secondary N) is 1. The van der Waals surface area contributed by atoms with E-state index in [2.05, 4.69) is 26.1 Å². The van der Waals surface area contributed by atoms with Gasteiger partial charge in [-0.1, -0.05) is 15.9 Å². The molecule has 2 aromatic carbocycles. The molecule has 0 spiro atoms. The number of hydrogen-bond acceptors (Lipinski definition) is 5. The van der Waals surface area contributed by atoms with Gasteiger partial charge < -0.3 is 19.7 Å². The Morgan fingerprint density at radius 1 is 1.22 bits per heavy atom. The molecule has 1 amide bonds. The first-order valence-corrected chi connectivity index (χ1v) is 11.9. The number of anilines is 2. The molecule has 172 valence electrons. The van der Waals surface area contributed by atoms with E-state index in [4.69, 9.17) is 9.47 Å². The van der Waals surface area contributed by atoms with E-state index in [0.29, 0.717) is 23.6 Å². The van der Waals surface area contributed by atoms with Gasteiger partial charge in [-0.3, -0.25) is 9.69 Å². The van der Waals surface area contributed by atoms with Crippen LogP contribution in [-0.4, -0.2) is 49.6 Å². The number of halogens is 2. The summed E-state index contributed by atoms with van der Waals surface area (Å²) in [6.07, 6.45) is 1.61. The minimum Gasteiger partial charge on any atom is -0.493 e. The average Bonchev–Trinajstić information content (AvgIpc) is 3.26. The molecule has 2 aliphatic rings. The summed E-state index contributed by atoms with van der Waals surface area (Å²) in [5.41, 5.74) is 1.80. The quantitative estimate of drug-likeness (QED) is 0.485. The Bertz CT molecular complexity index is 966.